The lowest BCUT2D eigenvalue weighted by molar-refractivity contribution is 0.423. The fourth-order valence-electron chi connectivity index (χ4n) is 2.76. The molecule has 1 aromatic rings. The van der Waals surface area contributed by atoms with E-state index in [2.05, 4.69) is 55.3 Å². The third-order valence-electron chi connectivity index (χ3n) is 3.50. The van der Waals surface area contributed by atoms with Gasteiger partial charge in [-0.15, -0.1) is 11.8 Å². The van der Waals surface area contributed by atoms with Crippen molar-refractivity contribution in [2.24, 2.45) is 5.92 Å². The highest BCUT2D eigenvalue weighted by Crippen LogP contribution is 2.39. The minimum atomic E-state index is 0.803. The van der Waals surface area contributed by atoms with Crippen molar-refractivity contribution in [3.63, 3.8) is 0 Å². The molecular formula is C15H23NS. The van der Waals surface area contributed by atoms with Crippen molar-refractivity contribution in [2.75, 3.05) is 13.6 Å². The second kappa shape index (κ2) is 6.46. The third-order valence-corrected chi connectivity index (χ3v) is 4.84. The van der Waals surface area contributed by atoms with Crippen molar-refractivity contribution in [3.05, 3.63) is 29.8 Å². The number of thioether (sulfide) groups is 1. The number of benzene rings is 1. The number of fused-ring (bicyclic) bond motifs is 1. The van der Waals surface area contributed by atoms with Crippen LogP contribution in [0.2, 0.25) is 0 Å². The molecule has 1 heterocycles. The van der Waals surface area contributed by atoms with Crippen molar-refractivity contribution in [1.82, 2.24) is 5.32 Å². The lowest BCUT2D eigenvalue weighted by Crippen LogP contribution is -2.22. The van der Waals surface area contributed by atoms with Crippen LogP contribution in [-0.2, 0) is 6.42 Å². The Morgan fingerprint density at radius 3 is 2.94 bits per heavy atom. The summed E-state index contributed by atoms with van der Waals surface area (Å²) in [6, 6.07) is 8.88. The summed E-state index contributed by atoms with van der Waals surface area (Å²) in [5.74, 6) is 0.844. The highest BCUT2D eigenvalue weighted by Gasteiger charge is 2.24. The van der Waals surface area contributed by atoms with E-state index in [0.29, 0.717) is 0 Å². The number of rotatable bonds is 6. The van der Waals surface area contributed by atoms with Crippen LogP contribution in [0.25, 0.3) is 0 Å². The van der Waals surface area contributed by atoms with Gasteiger partial charge in [0.1, 0.15) is 0 Å². The Labute approximate surface area is 109 Å². The van der Waals surface area contributed by atoms with Gasteiger partial charge in [0.05, 0.1) is 0 Å². The van der Waals surface area contributed by atoms with Gasteiger partial charge in [-0.05, 0) is 50.4 Å². The van der Waals surface area contributed by atoms with Gasteiger partial charge < -0.3 is 5.32 Å². The summed E-state index contributed by atoms with van der Waals surface area (Å²) in [5.41, 5.74) is 1.56. The molecular weight excluding hydrogens is 226 g/mol. The second-order valence-electron chi connectivity index (χ2n) is 5.00. The zero-order valence-corrected chi connectivity index (χ0v) is 11.7. The van der Waals surface area contributed by atoms with Crippen LogP contribution in [0.3, 0.4) is 0 Å². The van der Waals surface area contributed by atoms with Crippen molar-refractivity contribution in [1.29, 1.82) is 0 Å². The maximum atomic E-state index is 3.34. The molecule has 1 aliphatic heterocycles. The molecule has 0 radical (unpaired) electrons. The van der Waals surface area contributed by atoms with Crippen molar-refractivity contribution < 1.29 is 0 Å². The summed E-state index contributed by atoms with van der Waals surface area (Å²) < 4.78 is 0. The zero-order chi connectivity index (χ0) is 12.1. The van der Waals surface area contributed by atoms with Crippen molar-refractivity contribution in [2.45, 2.75) is 42.8 Å². The Hall–Kier alpha value is -0.470. The van der Waals surface area contributed by atoms with Gasteiger partial charge >= 0.3 is 0 Å². The maximum absolute atomic E-state index is 3.34. The van der Waals surface area contributed by atoms with Gasteiger partial charge in [0, 0.05) is 10.1 Å². The normalized spacial score (nSPS) is 20.2. The molecule has 94 valence electrons. The van der Waals surface area contributed by atoms with Gasteiger partial charge in [-0.3, -0.25) is 0 Å². The second-order valence-corrected chi connectivity index (χ2v) is 6.34. The fourth-order valence-corrected chi connectivity index (χ4v) is 4.21. The Morgan fingerprint density at radius 2 is 2.24 bits per heavy atom. The first-order chi connectivity index (χ1) is 8.33. The topological polar surface area (TPSA) is 12.0 Å². The molecule has 17 heavy (non-hydrogen) atoms. The molecule has 0 bridgehead atoms. The minimum absolute atomic E-state index is 0.803. The van der Waals surface area contributed by atoms with E-state index in [-0.39, 0.29) is 0 Å². The fraction of sp³-hybridized carbons (Fsp3) is 0.600. The van der Waals surface area contributed by atoms with E-state index < -0.39 is 0 Å². The van der Waals surface area contributed by atoms with Gasteiger partial charge in [0.2, 0.25) is 0 Å². The first kappa shape index (κ1) is 13.0. The van der Waals surface area contributed by atoms with E-state index in [1.54, 1.807) is 5.56 Å². The maximum Gasteiger partial charge on any atom is 0.0138 e. The summed E-state index contributed by atoms with van der Waals surface area (Å²) in [6.45, 7) is 3.46. The molecule has 2 unspecified atom stereocenters. The van der Waals surface area contributed by atoms with Crippen LogP contribution < -0.4 is 5.32 Å². The third kappa shape index (κ3) is 3.49. The van der Waals surface area contributed by atoms with Gasteiger partial charge in [0.25, 0.3) is 0 Å². The number of hydrogen-bond acceptors (Lipinski definition) is 2. The number of nitrogens with one attached hydrogen (secondary N) is 1. The quantitative estimate of drug-likeness (QED) is 0.824. The molecule has 1 N–H and O–H groups in total. The predicted octanol–water partition coefficient (Wildman–Crippen LogP) is 3.73. The molecule has 1 aromatic carbocycles. The molecule has 2 heteroatoms. The largest absolute Gasteiger partial charge is 0.319 e. The SMILES string of the molecule is CCCC(CNC)CC1Cc2ccccc2S1. The van der Waals surface area contributed by atoms with Gasteiger partial charge in [-0.1, -0.05) is 31.5 Å². The standard InChI is InChI=1S/C15H23NS/c1-3-6-12(11-16-2)9-14-10-13-7-4-5-8-15(13)17-14/h4-5,7-8,12,14,16H,3,6,9-11H2,1-2H3. The van der Waals surface area contributed by atoms with Crippen LogP contribution in [0, 0.1) is 5.92 Å². The summed E-state index contributed by atoms with van der Waals surface area (Å²) in [7, 11) is 2.07. The van der Waals surface area contributed by atoms with Gasteiger partial charge in [0.15, 0.2) is 0 Å². The highest BCUT2D eigenvalue weighted by molar-refractivity contribution is 8.00. The van der Waals surface area contributed by atoms with Crippen LogP contribution in [0.1, 0.15) is 31.7 Å². The molecule has 0 aliphatic carbocycles. The van der Waals surface area contributed by atoms with E-state index in [1.165, 1.54) is 37.1 Å². The Balaban J connectivity index is 1.89. The number of hydrogen-bond donors (Lipinski definition) is 1. The molecule has 1 nitrogen and oxygen atoms in total. The zero-order valence-electron chi connectivity index (χ0n) is 10.9. The van der Waals surface area contributed by atoms with Crippen LogP contribution in [0.4, 0.5) is 0 Å². The molecule has 0 saturated carbocycles. The average molecular weight is 249 g/mol. The average Bonchev–Trinajstić information content (AvgIpc) is 2.71. The molecule has 0 amide bonds. The predicted molar refractivity (Wildman–Crippen MR) is 76.7 cm³/mol. The van der Waals surface area contributed by atoms with Crippen LogP contribution in [0.5, 0.6) is 0 Å². The molecule has 0 spiro atoms. The summed E-state index contributed by atoms with van der Waals surface area (Å²) in [5, 5.41) is 4.14. The first-order valence-corrected chi connectivity index (χ1v) is 7.60. The Kier molecular flexibility index (Phi) is 4.93. The monoisotopic (exact) mass is 249 g/mol. The van der Waals surface area contributed by atoms with Crippen molar-refractivity contribution >= 4 is 11.8 Å². The van der Waals surface area contributed by atoms with Crippen LogP contribution >= 0.6 is 11.8 Å². The molecule has 0 fully saturated rings. The smallest absolute Gasteiger partial charge is 0.0138 e. The lowest BCUT2D eigenvalue weighted by atomic mass is 9.95. The molecule has 2 rings (SSSR count). The van der Waals surface area contributed by atoms with E-state index in [4.69, 9.17) is 0 Å². The molecule has 0 aromatic heterocycles. The lowest BCUT2D eigenvalue weighted by Gasteiger charge is -2.19. The van der Waals surface area contributed by atoms with E-state index >= 15 is 0 Å². The van der Waals surface area contributed by atoms with E-state index in [0.717, 1.165) is 11.2 Å². The minimum Gasteiger partial charge on any atom is -0.319 e. The molecule has 0 saturated heterocycles. The van der Waals surface area contributed by atoms with Crippen LogP contribution in [-0.4, -0.2) is 18.8 Å². The van der Waals surface area contributed by atoms with Gasteiger partial charge in [-0.2, -0.15) is 0 Å². The van der Waals surface area contributed by atoms with Crippen LogP contribution in [0.15, 0.2) is 29.2 Å². The van der Waals surface area contributed by atoms with E-state index in [9.17, 15) is 0 Å². The molecule has 2 atom stereocenters. The molecule has 1 aliphatic rings. The van der Waals surface area contributed by atoms with E-state index in [1.807, 2.05) is 0 Å². The van der Waals surface area contributed by atoms with Crippen molar-refractivity contribution in [3.8, 4) is 0 Å². The summed E-state index contributed by atoms with van der Waals surface area (Å²) in [6.07, 6.45) is 5.28. The van der Waals surface area contributed by atoms with Gasteiger partial charge in [-0.25, -0.2) is 0 Å². The summed E-state index contributed by atoms with van der Waals surface area (Å²) in [4.78, 5) is 1.51. The summed E-state index contributed by atoms with van der Waals surface area (Å²) >= 11 is 2.09. The highest BCUT2D eigenvalue weighted by atomic mass is 32.2. The Morgan fingerprint density at radius 1 is 1.41 bits per heavy atom. The first-order valence-electron chi connectivity index (χ1n) is 6.72. The Bertz CT molecular complexity index is 320.